The molecule has 0 saturated carbocycles. The van der Waals surface area contributed by atoms with E-state index in [4.69, 9.17) is 0 Å². The third-order valence-corrected chi connectivity index (χ3v) is 2.25. The number of aliphatic hydroxyl groups excluding tert-OH is 1. The van der Waals surface area contributed by atoms with Crippen molar-refractivity contribution < 1.29 is 15.3 Å². The van der Waals surface area contributed by atoms with Gasteiger partial charge in [0, 0.05) is 11.3 Å². The van der Waals surface area contributed by atoms with Gasteiger partial charge in [0.25, 0.3) is 0 Å². The van der Waals surface area contributed by atoms with Crippen LogP contribution in [0.2, 0.25) is 0 Å². The summed E-state index contributed by atoms with van der Waals surface area (Å²) in [5.74, 6) is -0.200. The van der Waals surface area contributed by atoms with Gasteiger partial charge in [-0.05, 0) is 25.0 Å². The van der Waals surface area contributed by atoms with E-state index in [-0.39, 0.29) is 11.5 Å². The van der Waals surface area contributed by atoms with Gasteiger partial charge in [-0.25, -0.2) is 0 Å². The first-order valence-electron chi connectivity index (χ1n) is 4.17. The summed E-state index contributed by atoms with van der Waals surface area (Å²) < 4.78 is 0. The van der Waals surface area contributed by atoms with Crippen LogP contribution in [-0.4, -0.2) is 21.5 Å². The van der Waals surface area contributed by atoms with E-state index in [0.717, 1.165) is 0 Å². The molecule has 0 amide bonds. The maximum atomic E-state index is 9.46. The molecule has 0 aromatic heterocycles. The lowest BCUT2D eigenvalue weighted by molar-refractivity contribution is 0.188. The van der Waals surface area contributed by atoms with Crippen molar-refractivity contribution in [3.63, 3.8) is 0 Å². The smallest absolute Gasteiger partial charge is 0.162 e. The van der Waals surface area contributed by atoms with Crippen molar-refractivity contribution in [2.75, 3.05) is 5.32 Å². The molecule has 1 heterocycles. The number of aliphatic hydroxyl groups is 1. The van der Waals surface area contributed by atoms with Crippen molar-refractivity contribution >= 4 is 5.69 Å². The Morgan fingerprint density at radius 1 is 1.31 bits per heavy atom. The molecular formula is C9H11NO3. The summed E-state index contributed by atoms with van der Waals surface area (Å²) >= 11 is 0. The SMILES string of the molecule is Oc1ccc2c(c1O)CCC(O)N2. The molecule has 13 heavy (non-hydrogen) atoms. The summed E-state index contributed by atoms with van der Waals surface area (Å²) in [7, 11) is 0. The van der Waals surface area contributed by atoms with Gasteiger partial charge in [-0.1, -0.05) is 0 Å². The van der Waals surface area contributed by atoms with Crippen LogP contribution in [0.3, 0.4) is 0 Å². The molecule has 0 bridgehead atoms. The molecule has 0 aliphatic carbocycles. The second-order valence-corrected chi connectivity index (χ2v) is 3.16. The highest BCUT2D eigenvalue weighted by Gasteiger charge is 2.19. The molecular weight excluding hydrogens is 170 g/mol. The number of nitrogens with one attached hydrogen (secondary N) is 1. The van der Waals surface area contributed by atoms with E-state index >= 15 is 0 Å². The quantitative estimate of drug-likeness (QED) is 0.352. The first-order valence-corrected chi connectivity index (χ1v) is 4.17. The minimum absolute atomic E-state index is 0.0862. The maximum Gasteiger partial charge on any atom is 0.162 e. The average molecular weight is 181 g/mol. The van der Waals surface area contributed by atoms with Crippen LogP contribution in [-0.2, 0) is 6.42 Å². The van der Waals surface area contributed by atoms with E-state index in [2.05, 4.69) is 5.32 Å². The van der Waals surface area contributed by atoms with Crippen LogP contribution in [0.25, 0.3) is 0 Å². The molecule has 4 nitrogen and oxygen atoms in total. The Kier molecular flexibility index (Phi) is 1.77. The number of rotatable bonds is 0. The van der Waals surface area contributed by atoms with Gasteiger partial charge < -0.3 is 20.6 Å². The maximum absolute atomic E-state index is 9.46. The third kappa shape index (κ3) is 1.29. The summed E-state index contributed by atoms with van der Waals surface area (Å²) in [6.07, 6.45) is 0.560. The lowest BCUT2D eigenvalue weighted by Crippen LogP contribution is -2.24. The van der Waals surface area contributed by atoms with E-state index in [1.54, 1.807) is 6.07 Å². The fourth-order valence-corrected chi connectivity index (χ4v) is 1.54. The molecule has 70 valence electrons. The second-order valence-electron chi connectivity index (χ2n) is 3.16. The summed E-state index contributed by atoms with van der Waals surface area (Å²) in [4.78, 5) is 0. The van der Waals surface area contributed by atoms with Crippen molar-refractivity contribution in [1.29, 1.82) is 0 Å². The standard InChI is InChI=1S/C9H11NO3/c11-7-3-2-6-5(9(7)13)1-4-8(12)10-6/h2-3,8,10-13H,1,4H2. The molecule has 1 unspecified atom stereocenters. The largest absolute Gasteiger partial charge is 0.504 e. The zero-order valence-electron chi connectivity index (χ0n) is 6.99. The summed E-state index contributed by atoms with van der Waals surface area (Å²) in [6.45, 7) is 0. The van der Waals surface area contributed by atoms with Crippen LogP contribution >= 0.6 is 0 Å². The van der Waals surface area contributed by atoms with Crippen LogP contribution in [0.15, 0.2) is 12.1 Å². The average Bonchev–Trinajstić information content (AvgIpc) is 2.12. The summed E-state index contributed by atoms with van der Waals surface area (Å²) in [5, 5.41) is 30.7. The Balaban J connectivity index is 2.47. The Bertz CT molecular complexity index is 338. The van der Waals surface area contributed by atoms with Crippen molar-refractivity contribution in [1.82, 2.24) is 0 Å². The molecule has 2 rings (SSSR count). The zero-order valence-corrected chi connectivity index (χ0v) is 6.99. The highest BCUT2D eigenvalue weighted by Crippen LogP contribution is 2.37. The first kappa shape index (κ1) is 8.19. The molecule has 0 saturated heterocycles. The predicted molar refractivity (Wildman–Crippen MR) is 47.7 cm³/mol. The fourth-order valence-electron chi connectivity index (χ4n) is 1.54. The molecule has 1 aliphatic rings. The fraction of sp³-hybridized carbons (Fsp3) is 0.333. The van der Waals surface area contributed by atoms with E-state index in [1.807, 2.05) is 0 Å². The van der Waals surface area contributed by atoms with Crippen LogP contribution in [0.5, 0.6) is 11.5 Å². The van der Waals surface area contributed by atoms with E-state index in [9.17, 15) is 15.3 Å². The highest BCUT2D eigenvalue weighted by molar-refractivity contribution is 5.63. The number of anilines is 1. The van der Waals surface area contributed by atoms with Gasteiger partial charge in [-0.2, -0.15) is 0 Å². The molecule has 1 aromatic carbocycles. The van der Waals surface area contributed by atoms with Crippen LogP contribution in [0.1, 0.15) is 12.0 Å². The highest BCUT2D eigenvalue weighted by atomic mass is 16.3. The molecule has 1 aromatic rings. The summed E-state index contributed by atoms with van der Waals surface area (Å²) in [5.41, 5.74) is 1.36. The number of fused-ring (bicyclic) bond motifs is 1. The lowest BCUT2D eigenvalue weighted by Gasteiger charge is -2.23. The number of benzene rings is 1. The van der Waals surface area contributed by atoms with Crippen molar-refractivity contribution in [2.45, 2.75) is 19.1 Å². The number of aromatic hydroxyl groups is 2. The van der Waals surface area contributed by atoms with Crippen molar-refractivity contribution in [2.24, 2.45) is 0 Å². The van der Waals surface area contributed by atoms with E-state index in [0.29, 0.717) is 24.1 Å². The number of phenolic OH excluding ortho intramolecular Hbond substituents is 2. The zero-order chi connectivity index (χ0) is 9.42. The van der Waals surface area contributed by atoms with Gasteiger partial charge in [0.15, 0.2) is 11.5 Å². The molecule has 0 radical (unpaired) electrons. The molecule has 4 heteroatoms. The normalized spacial score (nSPS) is 20.5. The molecule has 0 spiro atoms. The van der Waals surface area contributed by atoms with Gasteiger partial charge >= 0.3 is 0 Å². The molecule has 0 fully saturated rings. The number of hydrogen-bond acceptors (Lipinski definition) is 4. The topological polar surface area (TPSA) is 72.7 Å². The number of hydrogen-bond donors (Lipinski definition) is 4. The first-order chi connectivity index (χ1) is 6.18. The Morgan fingerprint density at radius 3 is 2.85 bits per heavy atom. The van der Waals surface area contributed by atoms with Gasteiger partial charge in [0.05, 0.1) is 0 Å². The molecule has 4 N–H and O–H groups in total. The Morgan fingerprint density at radius 2 is 2.08 bits per heavy atom. The van der Waals surface area contributed by atoms with Crippen LogP contribution in [0.4, 0.5) is 5.69 Å². The minimum Gasteiger partial charge on any atom is -0.504 e. The van der Waals surface area contributed by atoms with Gasteiger partial charge in [0.1, 0.15) is 6.23 Å². The second kappa shape index (κ2) is 2.81. The Hall–Kier alpha value is -1.42. The molecule has 1 atom stereocenters. The number of phenols is 2. The van der Waals surface area contributed by atoms with Gasteiger partial charge in [0.2, 0.25) is 0 Å². The van der Waals surface area contributed by atoms with Crippen molar-refractivity contribution in [3.8, 4) is 11.5 Å². The van der Waals surface area contributed by atoms with Gasteiger partial charge in [-0.15, -0.1) is 0 Å². The van der Waals surface area contributed by atoms with E-state index in [1.165, 1.54) is 6.07 Å². The monoisotopic (exact) mass is 181 g/mol. The van der Waals surface area contributed by atoms with Crippen molar-refractivity contribution in [3.05, 3.63) is 17.7 Å². The van der Waals surface area contributed by atoms with Crippen LogP contribution in [0, 0.1) is 0 Å². The summed E-state index contributed by atoms with van der Waals surface area (Å²) in [6, 6.07) is 3.05. The van der Waals surface area contributed by atoms with E-state index < -0.39 is 6.23 Å². The van der Waals surface area contributed by atoms with Crippen LogP contribution < -0.4 is 5.32 Å². The molecule has 1 aliphatic heterocycles. The lowest BCUT2D eigenvalue weighted by atomic mass is 10.0. The van der Waals surface area contributed by atoms with Gasteiger partial charge in [-0.3, -0.25) is 0 Å². The minimum atomic E-state index is -0.559. The third-order valence-electron chi connectivity index (χ3n) is 2.25. The predicted octanol–water partition coefficient (Wildman–Crippen LogP) is 0.774. The Labute approximate surface area is 75.5 Å².